The number of benzene rings is 6. The highest BCUT2D eigenvalue weighted by Gasteiger charge is 2.24. The van der Waals surface area contributed by atoms with Crippen LogP contribution >= 0.6 is 0 Å². The molecule has 56 heavy (non-hydrogen) atoms. The van der Waals surface area contributed by atoms with E-state index in [0.717, 1.165) is 100 Å². The Bertz CT molecular complexity index is 2890. The van der Waals surface area contributed by atoms with E-state index < -0.39 is 0 Å². The molecule has 0 N–H and O–H groups in total. The van der Waals surface area contributed by atoms with Gasteiger partial charge in [0, 0.05) is 33.5 Å². The normalized spacial score (nSPS) is 11.6. The fourth-order valence-electron chi connectivity index (χ4n) is 8.17. The Morgan fingerprint density at radius 2 is 0.732 bits per heavy atom. The molecule has 0 atom stereocenters. The smallest absolute Gasteiger partial charge is 0.139 e. The summed E-state index contributed by atoms with van der Waals surface area (Å²) >= 11 is 0. The van der Waals surface area contributed by atoms with Gasteiger partial charge in [-0.05, 0) is 58.7 Å². The lowest BCUT2D eigenvalue weighted by Crippen LogP contribution is -2.04. The van der Waals surface area contributed by atoms with E-state index >= 15 is 0 Å². The van der Waals surface area contributed by atoms with Crippen LogP contribution < -0.4 is 0 Å². The third-order valence-electron chi connectivity index (χ3n) is 10.7. The third kappa shape index (κ3) is 5.21. The van der Waals surface area contributed by atoms with Gasteiger partial charge in [-0.15, -0.1) is 0 Å². The SMILES string of the molecule is c1ccc(-c2cc(-c3ccccc3)nc(-n3c4ccccc4c4cnc5c6ccccc6n(-c6cc(-c7ccccc7)cc(-c7ccccc7)n6)c5c43)c2)cc1. The van der Waals surface area contributed by atoms with E-state index in [4.69, 9.17) is 15.0 Å². The van der Waals surface area contributed by atoms with Crippen molar-refractivity contribution in [1.29, 1.82) is 0 Å². The molecule has 0 amide bonds. The van der Waals surface area contributed by atoms with Gasteiger partial charge in [-0.3, -0.25) is 14.1 Å². The summed E-state index contributed by atoms with van der Waals surface area (Å²) in [6.45, 7) is 0. The summed E-state index contributed by atoms with van der Waals surface area (Å²) in [4.78, 5) is 16.2. The van der Waals surface area contributed by atoms with E-state index in [0.29, 0.717) is 0 Å². The van der Waals surface area contributed by atoms with Crippen LogP contribution in [0.3, 0.4) is 0 Å². The van der Waals surface area contributed by atoms with E-state index in [-0.39, 0.29) is 0 Å². The van der Waals surface area contributed by atoms with Crippen LogP contribution in [0.5, 0.6) is 0 Å². The predicted octanol–water partition coefficient (Wildman–Crippen LogP) is 12.7. The van der Waals surface area contributed by atoms with Crippen LogP contribution in [0.15, 0.2) is 200 Å². The highest BCUT2D eigenvalue weighted by molar-refractivity contribution is 6.22. The number of rotatable bonds is 6. The van der Waals surface area contributed by atoms with Crippen LogP contribution in [-0.4, -0.2) is 24.1 Å². The van der Waals surface area contributed by atoms with Crippen molar-refractivity contribution in [2.75, 3.05) is 0 Å². The Balaban J connectivity index is 1.29. The summed E-state index contributed by atoms with van der Waals surface area (Å²) in [6.07, 6.45) is 2.04. The van der Waals surface area contributed by atoms with Crippen molar-refractivity contribution >= 4 is 43.7 Å². The first-order valence-electron chi connectivity index (χ1n) is 18.9. The number of fused-ring (bicyclic) bond motifs is 7. The van der Waals surface area contributed by atoms with E-state index in [2.05, 4.69) is 191 Å². The van der Waals surface area contributed by atoms with Gasteiger partial charge in [-0.1, -0.05) is 158 Å². The van der Waals surface area contributed by atoms with E-state index in [1.54, 1.807) is 0 Å². The van der Waals surface area contributed by atoms with E-state index in [9.17, 15) is 0 Å². The number of aromatic nitrogens is 5. The van der Waals surface area contributed by atoms with Gasteiger partial charge in [-0.25, -0.2) is 9.97 Å². The van der Waals surface area contributed by atoms with Crippen molar-refractivity contribution in [2.24, 2.45) is 0 Å². The molecule has 0 bridgehead atoms. The second kappa shape index (κ2) is 13.0. The van der Waals surface area contributed by atoms with Gasteiger partial charge in [0.05, 0.1) is 39.0 Å². The van der Waals surface area contributed by atoms with Gasteiger partial charge in [0.15, 0.2) is 0 Å². The highest BCUT2D eigenvalue weighted by Crippen LogP contribution is 2.42. The minimum Gasteiger partial charge on any atom is -0.291 e. The molecule has 0 saturated carbocycles. The minimum atomic E-state index is 0.818. The van der Waals surface area contributed by atoms with Crippen molar-refractivity contribution in [3.05, 3.63) is 200 Å². The summed E-state index contributed by atoms with van der Waals surface area (Å²) in [5, 5.41) is 3.22. The Morgan fingerprint density at radius 1 is 0.321 bits per heavy atom. The third-order valence-corrected chi connectivity index (χ3v) is 10.7. The van der Waals surface area contributed by atoms with Crippen LogP contribution in [0.4, 0.5) is 0 Å². The lowest BCUT2D eigenvalue weighted by Gasteiger charge is -2.15. The van der Waals surface area contributed by atoms with Gasteiger partial charge >= 0.3 is 0 Å². The molecule has 11 rings (SSSR count). The summed E-state index contributed by atoms with van der Waals surface area (Å²) in [6, 6.07) is 67.9. The molecule has 0 aliphatic carbocycles. The molecule has 5 heterocycles. The van der Waals surface area contributed by atoms with Gasteiger partial charge in [-0.2, -0.15) is 0 Å². The van der Waals surface area contributed by atoms with Crippen LogP contribution in [0.2, 0.25) is 0 Å². The molecule has 0 radical (unpaired) electrons. The second-order valence-electron chi connectivity index (χ2n) is 14.1. The molecule has 262 valence electrons. The lowest BCUT2D eigenvalue weighted by molar-refractivity contribution is 1.06. The average Bonchev–Trinajstić information content (AvgIpc) is 3.81. The Kier molecular flexibility index (Phi) is 7.42. The molecule has 0 unspecified atom stereocenters. The van der Waals surface area contributed by atoms with Crippen molar-refractivity contribution in [3.8, 4) is 56.4 Å². The zero-order valence-electron chi connectivity index (χ0n) is 30.3. The number of hydrogen-bond donors (Lipinski definition) is 0. The van der Waals surface area contributed by atoms with Crippen LogP contribution in [0, 0.1) is 0 Å². The topological polar surface area (TPSA) is 48.5 Å². The second-order valence-corrected chi connectivity index (χ2v) is 14.1. The summed E-state index contributed by atoms with van der Waals surface area (Å²) in [5.41, 5.74) is 13.4. The fourth-order valence-corrected chi connectivity index (χ4v) is 8.17. The fraction of sp³-hybridized carbons (Fsp3) is 0. The standard InChI is InChI=1S/C51H33N5/c1-5-17-34(18-6-1)38-29-43(36-21-9-3-10-22-36)53-47(31-38)55-45-27-15-13-25-40(45)42-33-52-49-41-26-14-16-28-46(41)56(51(49)50(42)55)48-32-39(35-19-7-2-8-20-35)30-44(54-48)37-23-11-4-12-24-37/h1-33H. The summed E-state index contributed by atoms with van der Waals surface area (Å²) < 4.78 is 4.65. The molecule has 0 fully saturated rings. The monoisotopic (exact) mass is 715 g/mol. The van der Waals surface area contributed by atoms with Crippen molar-refractivity contribution in [2.45, 2.75) is 0 Å². The largest absolute Gasteiger partial charge is 0.291 e. The molecule has 0 aliphatic heterocycles. The molecule has 0 saturated heterocycles. The van der Waals surface area contributed by atoms with E-state index in [1.165, 1.54) is 0 Å². The first-order valence-corrected chi connectivity index (χ1v) is 18.9. The number of para-hydroxylation sites is 2. The van der Waals surface area contributed by atoms with Crippen molar-refractivity contribution in [3.63, 3.8) is 0 Å². The molecular weight excluding hydrogens is 683 g/mol. The van der Waals surface area contributed by atoms with Crippen molar-refractivity contribution in [1.82, 2.24) is 24.1 Å². The zero-order valence-corrected chi connectivity index (χ0v) is 30.3. The van der Waals surface area contributed by atoms with E-state index in [1.807, 2.05) is 18.3 Å². The summed E-state index contributed by atoms with van der Waals surface area (Å²) in [7, 11) is 0. The number of hydrogen-bond acceptors (Lipinski definition) is 3. The molecule has 11 aromatic rings. The van der Waals surface area contributed by atoms with Crippen LogP contribution in [0.1, 0.15) is 0 Å². The Morgan fingerprint density at radius 3 is 1.25 bits per heavy atom. The predicted molar refractivity (Wildman–Crippen MR) is 230 cm³/mol. The molecule has 5 nitrogen and oxygen atoms in total. The quantitative estimate of drug-likeness (QED) is 0.172. The van der Waals surface area contributed by atoms with Gasteiger partial charge in [0.25, 0.3) is 0 Å². The van der Waals surface area contributed by atoms with Gasteiger partial charge < -0.3 is 0 Å². The summed E-state index contributed by atoms with van der Waals surface area (Å²) in [5.74, 6) is 1.65. The molecule has 6 aromatic carbocycles. The maximum atomic E-state index is 5.46. The zero-order chi connectivity index (χ0) is 37.0. The Hall–Kier alpha value is -7.63. The average molecular weight is 716 g/mol. The minimum absolute atomic E-state index is 0.818. The van der Waals surface area contributed by atoms with Crippen LogP contribution in [0.25, 0.3) is 100 Å². The molecule has 5 aromatic heterocycles. The van der Waals surface area contributed by atoms with Gasteiger partial charge in [0.1, 0.15) is 11.6 Å². The molecule has 0 aliphatic rings. The lowest BCUT2D eigenvalue weighted by atomic mass is 10.0. The van der Waals surface area contributed by atoms with Gasteiger partial charge in [0.2, 0.25) is 0 Å². The number of pyridine rings is 3. The van der Waals surface area contributed by atoms with Crippen molar-refractivity contribution < 1.29 is 0 Å². The molecule has 0 spiro atoms. The first-order chi connectivity index (χ1) is 27.8. The maximum Gasteiger partial charge on any atom is 0.139 e. The number of nitrogens with zero attached hydrogens (tertiary/aromatic N) is 5. The Labute approximate surface area is 323 Å². The molecular formula is C51H33N5. The maximum absolute atomic E-state index is 5.46. The first kappa shape index (κ1) is 31.9. The molecule has 5 heteroatoms. The van der Waals surface area contributed by atoms with Crippen LogP contribution in [-0.2, 0) is 0 Å². The highest BCUT2D eigenvalue weighted by atomic mass is 15.1.